The first-order chi connectivity index (χ1) is 9.62. The molecule has 112 valence electrons. The van der Waals surface area contributed by atoms with Gasteiger partial charge in [0.15, 0.2) is 0 Å². The Hall–Kier alpha value is -1.47. The first kappa shape index (κ1) is 16.6. The van der Waals surface area contributed by atoms with Crippen molar-refractivity contribution < 1.29 is 15.0 Å². The van der Waals surface area contributed by atoms with Crippen LogP contribution in [0, 0.1) is 0 Å². The number of amides is 1. The summed E-state index contributed by atoms with van der Waals surface area (Å²) in [6.07, 6.45) is 0. The quantitative estimate of drug-likeness (QED) is 0.294. The van der Waals surface area contributed by atoms with Gasteiger partial charge in [-0.2, -0.15) is 0 Å². The first-order valence-corrected chi connectivity index (χ1v) is 6.65. The van der Waals surface area contributed by atoms with Crippen molar-refractivity contribution in [3.05, 3.63) is 35.4 Å². The van der Waals surface area contributed by atoms with E-state index in [1.807, 2.05) is 29.2 Å². The smallest absolute Gasteiger partial charge is 0.241 e. The second-order valence-corrected chi connectivity index (χ2v) is 4.70. The number of nitrogens with one attached hydrogen (secondary N) is 1. The molecule has 0 aliphatic rings. The van der Waals surface area contributed by atoms with Crippen LogP contribution in [-0.2, 0) is 11.3 Å². The van der Waals surface area contributed by atoms with E-state index in [1.54, 1.807) is 6.92 Å². The van der Waals surface area contributed by atoms with Crippen LogP contribution in [0.5, 0.6) is 0 Å². The lowest BCUT2D eigenvalue weighted by molar-refractivity contribution is -0.122. The van der Waals surface area contributed by atoms with E-state index >= 15 is 0 Å². The SMILES string of the molecule is CC(C(=O)NN)c1ccc(CN(CCO)CCO)cc1. The topological polar surface area (TPSA) is 98.8 Å². The minimum absolute atomic E-state index is 0.0613. The number of aliphatic hydroxyl groups excluding tert-OH is 2. The molecular formula is C14H23N3O3. The van der Waals surface area contributed by atoms with Gasteiger partial charge < -0.3 is 10.2 Å². The Morgan fingerprint density at radius 1 is 1.25 bits per heavy atom. The predicted octanol–water partition coefficient (Wildman–Crippen LogP) is -0.433. The number of rotatable bonds is 8. The van der Waals surface area contributed by atoms with Gasteiger partial charge in [-0.1, -0.05) is 24.3 Å². The predicted molar refractivity (Wildman–Crippen MR) is 76.6 cm³/mol. The van der Waals surface area contributed by atoms with Crippen molar-refractivity contribution in [2.24, 2.45) is 5.84 Å². The van der Waals surface area contributed by atoms with Gasteiger partial charge in [0.1, 0.15) is 0 Å². The molecule has 0 radical (unpaired) electrons. The molecule has 0 aromatic heterocycles. The maximum atomic E-state index is 11.4. The summed E-state index contributed by atoms with van der Waals surface area (Å²) in [5.74, 6) is 4.61. The Labute approximate surface area is 119 Å². The Balaban J connectivity index is 2.67. The third-order valence-electron chi connectivity index (χ3n) is 3.25. The van der Waals surface area contributed by atoms with Crippen molar-refractivity contribution in [1.29, 1.82) is 0 Å². The van der Waals surface area contributed by atoms with E-state index in [0.717, 1.165) is 11.1 Å². The summed E-state index contributed by atoms with van der Waals surface area (Å²) in [5, 5.41) is 17.9. The van der Waals surface area contributed by atoms with Gasteiger partial charge in [0, 0.05) is 19.6 Å². The molecule has 0 bridgehead atoms. The fourth-order valence-corrected chi connectivity index (χ4v) is 2.00. The number of nitrogens with zero attached hydrogens (tertiary/aromatic N) is 1. The summed E-state index contributed by atoms with van der Waals surface area (Å²) in [5.41, 5.74) is 4.10. The molecule has 0 saturated carbocycles. The van der Waals surface area contributed by atoms with Crippen LogP contribution in [0.3, 0.4) is 0 Å². The molecule has 0 aliphatic heterocycles. The fraction of sp³-hybridized carbons (Fsp3) is 0.500. The van der Waals surface area contributed by atoms with Gasteiger partial charge in [-0.3, -0.25) is 15.1 Å². The molecule has 1 rings (SSSR count). The number of carbonyl (C=O) groups is 1. The third-order valence-corrected chi connectivity index (χ3v) is 3.25. The standard InChI is InChI=1S/C14H23N3O3/c1-11(14(20)16-15)13-4-2-12(3-5-13)10-17(6-8-18)7-9-19/h2-5,11,18-19H,6-10,15H2,1H3,(H,16,20). The number of nitrogens with two attached hydrogens (primary N) is 1. The normalized spacial score (nSPS) is 12.4. The highest BCUT2D eigenvalue weighted by Crippen LogP contribution is 2.16. The number of hydrogen-bond donors (Lipinski definition) is 4. The minimum atomic E-state index is -0.292. The molecule has 1 unspecified atom stereocenters. The van der Waals surface area contributed by atoms with E-state index in [2.05, 4.69) is 5.43 Å². The van der Waals surface area contributed by atoms with Crippen molar-refractivity contribution in [3.8, 4) is 0 Å². The van der Waals surface area contributed by atoms with E-state index in [9.17, 15) is 4.79 Å². The number of aliphatic hydroxyl groups is 2. The lowest BCUT2D eigenvalue weighted by Crippen LogP contribution is -2.33. The zero-order valence-electron chi connectivity index (χ0n) is 11.7. The third kappa shape index (κ3) is 4.90. The Morgan fingerprint density at radius 3 is 2.25 bits per heavy atom. The van der Waals surface area contributed by atoms with Crippen LogP contribution in [-0.4, -0.2) is 47.3 Å². The van der Waals surface area contributed by atoms with Crippen molar-refractivity contribution in [2.75, 3.05) is 26.3 Å². The zero-order chi connectivity index (χ0) is 15.0. The molecule has 6 nitrogen and oxygen atoms in total. The van der Waals surface area contributed by atoms with Crippen molar-refractivity contribution in [3.63, 3.8) is 0 Å². The molecule has 1 amide bonds. The van der Waals surface area contributed by atoms with E-state index in [1.165, 1.54) is 0 Å². The Bertz CT molecular complexity index is 403. The zero-order valence-corrected chi connectivity index (χ0v) is 11.7. The van der Waals surface area contributed by atoms with Gasteiger partial charge in [-0.25, -0.2) is 5.84 Å². The van der Waals surface area contributed by atoms with Crippen LogP contribution >= 0.6 is 0 Å². The van der Waals surface area contributed by atoms with Crippen LogP contribution in [0.4, 0.5) is 0 Å². The number of hydrazine groups is 1. The highest BCUT2D eigenvalue weighted by molar-refractivity contribution is 5.82. The van der Waals surface area contributed by atoms with E-state index in [0.29, 0.717) is 19.6 Å². The van der Waals surface area contributed by atoms with Crippen LogP contribution in [0.15, 0.2) is 24.3 Å². The fourth-order valence-electron chi connectivity index (χ4n) is 2.00. The van der Waals surface area contributed by atoms with Crippen molar-refractivity contribution >= 4 is 5.91 Å². The summed E-state index contributed by atoms with van der Waals surface area (Å²) in [6.45, 7) is 3.61. The van der Waals surface area contributed by atoms with Crippen molar-refractivity contribution in [1.82, 2.24) is 10.3 Å². The molecule has 6 heteroatoms. The van der Waals surface area contributed by atoms with E-state index in [-0.39, 0.29) is 25.0 Å². The molecule has 0 aliphatic carbocycles. The van der Waals surface area contributed by atoms with Gasteiger partial charge in [0.2, 0.25) is 5.91 Å². The maximum absolute atomic E-state index is 11.4. The number of hydrogen-bond acceptors (Lipinski definition) is 5. The molecule has 0 heterocycles. The molecule has 5 N–H and O–H groups in total. The highest BCUT2D eigenvalue weighted by Gasteiger charge is 2.13. The summed E-state index contributed by atoms with van der Waals surface area (Å²) in [7, 11) is 0. The largest absolute Gasteiger partial charge is 0.395 e. The molecule has 1 aromatic carbocycles. The maximum Gasteiger partial charge on any atom is 0.241 e. The molecule has 1 atom stereocenters. The second kappa shape index (κ2) is 8.65. The lowest BCUT2D eigenvalue weighted by atomic mass is 9.99. The average molecular weight is 281 g/mol. The number of benzene rings is 1. The molecule has 0 saturated heterocycles. The van der Waals surface area contributed by atoms with E-state index < -0.39 is 0 Å². The van der Waals surface area contributed by atoms with E-state index in [4.69, 9.17) is 16.1 Å². The van der Waals surface area contributed by atoms with Crippen LogP contribution in [0.2, 0.25) is 0 Å². The molecule has 20 heavy (non-hydrogen) atoms. The summed E-state index contributed by atoms with van der Waals surface area (Å²) < 4.78 is 0. The van der Waals surface area contributed by atoms with Crippen LogP contribution in [0.25, 0.3) is 0 Å². The Kier molecular flexibility index (Phi) is 7.17. The number of carbonyl (C=O) groups excluding carboxylic acids is 1. The summed E-state index contributed by atoms with van der Waals surface area (Å²) in [6, 6.07) is 7.67. The lowest BCUT2D eigenvalue weighted by Gasteiger charge is -2.20. The van der Waals surface area contributed by atoms with Crippen LogP contribution < -0.4 is 11.3 Å². The van der Waals surface area contributed by atoms with Gasteiger partial charge in [0.25, 0.3) is 0 Å². The average Bonchev–Trinajstić information content (AvgIpc) is 2.47. The summed E-state index contributed by atoms with van der Waals surface area (Å²) in [4.78, 5) is 13.4. The van der Waals surface area contributed by atoms with Gasteiger partial charge in [-0.15, -0.1) is 0 Å². The monoisotopic (exact) mass is 281 g/mol. The molecule has 0 spiro atoms. The van der Waals surface area contributed by atoms with Crippen molar-refractivity contribution in [2.45, 2.75) is 19.4 Å². The summed E-state index contributed by atoms with van der Waals surface area (Å²) >= 11 is 0. The molecule has 0 fully saturated rings. The van der Waals surface area contributed by atoms with Crippen LogP contribution in [0.1, 0.15) is 24.0 Å². The van der Waals surface area contributed by atoms with Gasteiger partial charge >= 0.3 is 0 Å². The minimum Gasteiger partial charge on any atom is -0.395 e. The molecule has 1 aromatic rings. The highest BCUT2D eigenvalue weighted by atomic mass is 16.3. The second-order valence-electron chi connectivity index (χ2n) is 4.70. The van der Waals surface area contributed by atoms with Gasteiger partial charge in [0.05, 0.1) is 19.1 Å². The van der Waals surface area contributed by atoms with Gasteiger partial charge in [-0.05, 0) is 18.1 Å². The first-order valence-electron chi connectivity index (χ1n) is 6.65. The molecular weight excluding hydrogens is 258 g/mol. The Morgan fingerprint density at radius 2 is 1.80 bits per heavy atom.